The minimum Gasteiger partial charge on any atom is -0.294 e. The number of fused-ring (bicyclic) bond motifs is 2. The van der Waals surface area contributed by atoms with Crippen LogP contribution in [0.15, 0.2) is 18.3 Å². The maximum atomic E-state index is 12.6. The molecule has 0 aliphatic carbocycles. The van der Waals surface area contributed by atoms with E-state index in [1.807, 2.05) is 6.07 Å². The van der Waals surface area contributed by atoms with E-state index in [0.29, 0.717) is 16.1 Å². The van der Waals surface area contributed by atoms with Crippen LogP contribution in [0.1, 0.15) is 48.2 Å². The van der Waals surface area contributed by atoms with Gasteiger partial charge >= 0.3 is 0 Å². The molecule has 19 heavy (non-hydrogen) atoms. The number of Topliss-reactive ketones (excluding diaryl/α,β-unsaturated/α-hetero) is 1. The molecular formula is C15H16N2OS. The number of pyridine rings is 1. The quantitative estimate of drug-likeness (QED) is 0.776. The van der Waals surface area contributed by atoms with E-state index in [0.717, 1.165) is 12.8 Å². The molecule has 2 fully saturated rings. The summed E-state index contributed by atoms with van der Waals surface area (Å²) in [5.41, 5.74) is 0.788. The molecule has 2 bridgehead atoms. The highest BCUT2D eigenvalue weighted by Crippen LogP contribution is 2.44. The monoisotopic (exact) mass is 272 g/mol. The summed E-state index contributed by atoms with van der Waals surface area (Å²) in [5, 5.41) is 10.3. The predicted molar refractivity (Wildman–Crippen MR) is 75.0 cm³/mol. The molecule has 3 nitrogen and oxygen atoms in total. The average molecular weight is 272 g/mol. The van der Waals surface area contributed by atoms with E-state index in [9.17, 15) is 4.79 Å². The number of thioether (sulfide) groups is 1. The van der Waals surface area contributed by atoms with Crippen LogP contribution in [0.25, 0.3) is 0 Å². The van der Waals surface area contributed by atoms with Crippen LogP contribution in [0.2, 0.25) is 0 Å². The Hall–Kier alpha value is -1.34. The molecule has 98 valence electrons. The number of carbonyl (C=O) groups is 1. The average Bonchev–Trinajstić information content (AvgIpc) is 2.46. The molecule has 0 amide bonds. The molecule has 0 saturated carbocycles. The zero-order valence-electron chi connectivity index (χ0n) is 10.7. The summed E-state index contributed by atoms with van der Waals surface area (Å²) in [6.45, 7) is 0. The maximum Gasteiger partial charge on any atom is 0.168 e. The lowest BCUT2D eigenvalue weighted by Crippen LogP contribution is -2.33. The molecule has 2 aliphatic rings. The van der Waals surface area contributed by atoms with E-state index in [-0.39, 0.29) is 17.4 Å². The van der Waals surface area contributed by atoms with Crippen LogP contribution in [0.5, 0.6) is 0 Å². The molecule has 2 atom stereocenters. The second-order valence-corrected chi connectivity index (χ2v) is 6.96. The molecule has 2 unspecified atom stereocenters. The normalized spacial score (nSPS) is 29.5. The van der Waals surface area contributed by atoms with Crippen molar-refractivity contribution < 1.29 is 4.79 Å². The highest BCUT2D eigenvalue weighted by atomic mass is 32.2. The standard InChI is InChI=1S/C15H16N2OS/c16-9-14-13(5-2-6-17-14)15(18)10-7-11-3-1-4-12(8-10)19-11/h2,5-6,10-12H,1,3-4,7-8H2. The van der Waals surface area contributed by atoms with Crippen molar-refractivity contribution in [2.45, 2.75) is 42.6 Å². The van der Waals surface area contributed by atoms with Gasteiger partial charge in [0.2, 0.25) is 0 Å². The molecular weight excluding hydrogens is 256 g/mol. The molecule has 4 heteroatoms. The second-order valence-electron chi connectivity index (χ2n) is 5.35. The van der Waals surface area contributed by atoms with E-state index in [1.54, 1.807) is 18.3 Å². The summed E-state index contributed by atoms with van der Waals surface area (Å²) in [6, 6.07) is 5.51. The zero-order valence-corrected chi connectivity index (χ0v) is 11.5. The Morgan fingerprint density at radius 2 is 2.11 bits per heavy atom. The smallest absolute Gasteiger partial charge is 0.168 e. The lowest BCUT2D eigenvalue weighted by Gasteiger charge is -2.37. The van der Waals surface area contributed by atoms with Crippen molar-refractivity contribution >= 4 is 17.5 Å². The Morgan fingerprint density at radius 3 is 2.79 bits per heavy atom. The molecule has 0 spiro atoms. The molecule has 0 N–H and O–H groups in total. The number of hydrogen-bond donors (Lipinski definition) is 0. The molecule has 3 rings (SSSR count). The third kappa shape index (κ3) is 2.52. The van der Waals surface area contributed by atoms with E-state index >= 15 is 0 Å². The number of rotatable bonds is 2. The lowest BCUT2D eigenvalue weighted by atomic mass is 9.84. The topological polar surface area (TPSA) is 53.8 Å². The summed E-state index contributed by atoms with van der Waals surface area (Å²) < 4.78 is 0. The molecule has 1 aromatic heterocycles. The van der Waals surface area contributed by atoms with Crippen LogP contribution in [-0.4, -0.2) is 21.3 Å². The first-order chi connectivity index (χ1) is 9.28. The van der Waals surface area contributed by atoms with Crippen LogP contribution < -0.4 is 0 Å². The van der Waals surface area contributed by atoms with Gasteiger partial charge in [-0.2, -0.15) is 17.0 Å². The number of ketones is 1. The highest BCUT2D eigenvalue weighted by molar-refractivity contribution is 8.00. The van der Waals surface area contributed by atoms with Crippen LogP contribution in [0.3, 0.4) is 0 Å². The van der Waals surface area contributed by atoms with Crippen LogP contribution in [-0.2, 0) is 0 Å². The fourth-order valence-electron chi connectivity index (χ4n) is 3.19. The largest absolute Gasteiger partial charge is 0.294 e. The lowest BCUT2D eigenvalue weighted by molar-refractivity contribution is 0.0896. The molecule has 2 aliphatic heterocycles. The van der Waals surface area contributed by atoms with Gasteiger partial charge in [-0.15, -0.1) is 0 Å². The van der Waals surface area contributed by atoms with Crippen molar-refractivity contribution in [1.82, 2.24) is 4.98 Å². The van der Waals surface area contributed by atoms with Gasteiger partial charge in [-0.1, -0.05) is 6.42 Å². The van der Waals surface area contributed by atoms with Gasteiger partial charge in [0.05, 0.1) is 5.56 Å². The zero-order chi connectivity index (χ0) is 13.2. The van der Waals surface area contributed by atoms with Gasteiger partial charge in [0.15, 0.2) is 11.5 Å². The van der Waals surface area contributed by atoms with Crippen molar-refractivity contribution in [3.05, 3.63) is 29.6 Å². The first-order valence-electron chi connectivity index (χ1n) is 6.82. The van der Waals surface area contributed by atoms with Gasteiger partial charge in [0.1, 0.15) is 6.07 Å². The van der Waals surface area contributed by atoms with E-state index in [4.69, 9.17) is 5.26 Å². The summed E-state index contributed by atoms with van der Waals surface area (Å²) >= 11 is 2.07. The molecule has 0 aromatic carbocycles. The Morgan fingerprint density at radius 1 is 1.37 bits per heavy atom. The number of nitriles is 1. The first-order valence-corrected chi connectivity index (χ1v) is 7.77. The predicted octanol–water partition coefficient (Wildman–Crippen LogP) is 3.20. The van der Waals surface area contributed by atoms with Gasteiger partial charge in [0, 0.05) is 22.6 Å². The minimum atomic E-state index is 0.0906. The number of hydrogen-bond acceptors (Lipinski definition) is 4. The van der Waals surface area contributed by atoms with E-state index in [1.165, 1.54) is 19.3 Å². The first kappa shape index (κ1) is 12.7. The SMILES string of the molecule is N#Cc1ncccc1C(=O)C1CC2CCCC(C1)S2. The van der Waals surface area contributed by atoms with E-state index in [2.05, 4.69) is 16.7 Å². The number of aromatic nitrogens is 1. The minimum absolute atomic E-state index is 0.0906. The second kappa shape index (κ2) is 5.34. The van der Waals surface area contributed by atoms with Crippen molar-refractivity contribution in [3.63, 3.8) is 0 Å². The number of carbonyl (C=O) groups excluding carboxylic acids is 1. The summed E-state index contributed by atoms with van der Waals surface area (Å²) in [5.74, 6) is 0.217. The van der Waals surface area contributed by atoms with Crippen LogP contribution in [0, 0.1) is 17.2 Å². The summed E-state index contributed by atoms with van der Waals surface area (Å²) in [7, 11) is 0. The maximum absolute atomic E-state index is 12.6. The highest BCUT2D eigenvalue weighted by Gasteiger charge is 2.36. The molecule has 0 radical (unpaired) electrons. The third-order valence-corrected chi connectivity index (χ3v) is 5.71. The van der Waals surface area contributed by atoms with Gasteiger partial charge in [-0.3, -0.25) is 4.79 Å². The van der Waals surface area contributed by atoms with Crippen LogP contribution >= 0.6 is 11.8 Å². The number of nitrogens with zero attached hydrogens (tertiary/aromatic N) is 2. The molecule has 2 saturated heterocycles. The Balaban J connectivity index is 1.82. The van der Waals surface area contributed by atoms with Gasteiger partial charge < -0.3 is 0 Å². The van der Waals surface area contributed by atoms with Gasteiger partial charge in [-0.25, -0.2) is 4.98 Å². The molecule has 3 heterocycles. The van der Waals surface area contributed by atoms with Crippen molar-refractivity contribution in [3.8, 4) is 6.07 Å². The van der Waals surface area contributed by atoms with Crippen LogP contribution in [0.4, 0.5) is 0 Å². The fraction of sp³-hybridized carbons (Fsp3) is 0.533. The Kier molecular flexibility index (Phi) is 3.56. The summed E-state index contributed by atoms with van der Waals surface area (Å²) in [6.07, 6.45) is 7.30. The van der Waals surface area contributed by atoms with Crippen molar-refractivity contribution in [2.75, 3.05) is 0 Å². The summed E-state index contributed by atoms with van der Waals surface area (Å²) in [4.78, 5) is 16.6. The van der Waals surface area contributed by atoms with Crippen molar-refractivity contribution in [1.29, 1.82) is 5.26 Å². The van der Waals surface area contributed by atoms with Gasteiger partial charge in [0.25, 0.3) is 0 Å². The van der Waals surface area contributed by atoms with Gasteiger partial charge in [-0.05, 0) is 37.8 Å². The van der Waals surface area contributed by atoms with Crippen molar-refractivity contribution in [2.24, 2.45) is 5.92 Å². The fourth-order valence-corrected chi connectivity index (χ4v) is 5.02. The van der Waals surface area contributed by atoms with E-state index < -0.39 is 0 Å². The Bertz CT molecular complexity index is 525. The molecule has 1 aromatic rings. The third-order valence-electron chi connectivity index (χ3n) is 4.08. The Labute approximate surface area is 117 Å².